The van der Waals surface area contributed by atoms with Crippen molar-refractivity contribution in [1.29, 1.82) is 0 Å². The molecule has 12 heteroatoms. The Balaban J connectivity index is 1.26. The number of benzene rings is 2. The average molecular weight is 708 g/mol. The van der Waals surface area contributed by atoms with E-state index in [1.165, 1.54) is 0 Å². The summed E-state index contributed by atoms with van der Waals surface area (Å²) in [7, 11) is 2.36. The van der Waals surface area contributed by atoms with E-state index < -0.39 is 22.9 Å². The van der Waals surface area contributed by atoms with Gasteiger partial charge in [-0.3, -0.25) is 19.1 Å². The van der Waals surface area contributed by atoms with Crippen LogP contribution in [0.15, 0.2) is 54.7 Å². The lowest BCUT2D eigenvalue weighted by Crippen LogP contribution is -2.60. The first-order valence-corrected chi connectivity index (χ1v) is 19.9. The minimum absolute atomic E-state index is 0.0474. The third-order valence-electron chi connectivity index (χ3n) is 12.1. The minimum atomic E-state index is -0.936. The van der Waals surface area contributed by atoms with Crippen LogP contribution in [0.5, 0.6) is 5.75 Å². The van der Waals surface area contributed by atoms with Crippen LogP contribution in [0.2, 0.25) is 12.6 Å². The van der Waals surface area contributed by atoms with Gasteiger partial charge in [-0.15, -0.1) is 0 Å². The zero-order valence-corrected chi connectivity index (χ0v) is 31.4. The fourth-order valence-electron chi connectivity index (χ4n) is 9.09. The van der Waals surface area contributed by atoms with Gasteiger partial charge in [-0.1, -0.05) is 37.7 Å². The number of aromatic amines is 1. The Morgan fingerprint density at radius 1 is 1.14 bits per heavy atom. The maximum Gasteiger partial charge on any atom is 0.270 e. The Morgan fingerprint density at radius 3 is 2.61 bits per heavy atom. The lowest BCUT2D eigenvalue weighted by atomic mass is 9.64. The second-order valence-electron chi connectivity index (χ2n) is 15.5. The largest absolute Gasteiger partial charge is 0.493 e. The fourth-order valence-corrected chi connectivity index (χ4v) is 10.4. The first-order chi connectivity index (χ1) is 24.4. The van der Waals surface area contributed by atoms with Crippen LogP contribution in [0, 0.1) is 17.3 Å². The highest BCUT2D eigenvalue weighted by Gasteiger charge is 2.57. The van der Waals surface area contributed by atoms with Crippen molar-refractivity contribution >= 4 is 38.3 Å². The predicted octanol–water partition coefficient (Wildman–Crippen LogP) is 4.99. The van der Waals surface area contributed by atoms with Gasteiger partial charge in [-0.2, -0.15) is 5.10 Å². The summed E-state index contributed by atoms with van der Waals surface area (Å²) in [6, 6.07) is 15.4. The highest BCUT2D eigenvalue weighted by Crippen LogP contribution is 2.60. The Morgan fingerprint density at radius 2 is 1.92 bits per heavy atom. The number of para-hydroxylation sites is 1. The maximum atomic E-state index is 14.1. The molecule has 268 valence electrons. The van der Waals surface area contributed by atoms with E-state index in [1.54, 1.807) is 24.0 Å². The summed E-state index contributed by atoms with van der Waals surface area (Å²) in [6.07, 6.45) is 5.69. The van der Waals surface area contributed by atoms with E-state index in [0.29, 0.717) is 40.1 Å². The van der Waals surface area contributed by atoms with Gasteiger partial charge in [0.2, 0.25) is 11.8 Å². The molecule has 3 amide bonds. The number of aryl methyl sites for hydroxylation is 1. The van der Waals surface area contributed by atoms with Crippen LogP contribution < -0.4 is 20.7 Å². The van der Waals surface area contributed by atoms with Crippen LogP contribution in [0.3, 0.4) is 0 Å². The minimum Gasteiger partial charge on any atom is -0.493 e. The van der Waals surface area contributed by atoms with Gasteiger partial charge in [0.05, 0.1) is 29.1 Å². The van der Waals surface area contributed by atoms with Crippen LogP contribution >= 0.6 is 0 Å². The summed E-state index contributed by atoms with van der Waals surface area (Å²) in [6.45, 7) is 11.1. The van der Waals surface area contributed by atoms with Gasteiger partial charge >= 0.3 is 0 Å². The topological polar surface area (TPSA) is 143 Å². The third kappa shape index (κ3) is 5.85. The Kier molecular flexibility index (Phi) is 9.10. The molecule has 3 heterocycles. The first-order valence-electron chi connectivity index (χ1n) is 18.2. The number of nitrogens with zero attached hydrogens (tertiary/aromatic N) is 3. The lowest BCUT2D eigenvalue weighted by molar-refractivity contribution is -0.136. The van der Waals surface area contributed by atoms with Gasteiger partial charge in [0.1, 0.15) is 23.3 Å². The van der Waals surface area contributed by atoms with Crippen molar-refractivity contribution in [2.75, 3.05) is 13.2 Å². The van der Waals surface area contributed by atoms with Crippen molar-refractivity contribution in [1.82, 2.24) is 35.7 Å². The molecule has 0 saturated heterocycles. The number of amides is 3. The van der Waals surface area contributed by atoms with E-state index in [4.69, 9.17) is 9.72 Å². The third-order valence-corrected chi connectivity index (χ3v) is 13.0. The molecule has 2 radical (unpaired) electrons. The molecule has 4 aliphatic rings. The summed E-state index contributed by atoms with van der Waals surface area (Å²) < 4.78 is 7.81. The van der Waals surface area contributed by atoms with E-state index in [9.17, 15) is 14.4 Å². The lowest BCUT2D eigenvalue weighted by Gasteiger charge is -2.48. The second-order valence-corrected chi connectivity index (χ2v) is 16.5. The molecule has 0 spiro atoms. The normalized spacial score (nSPS) is 24.9. The number of likely N-dealkylation sites (N-methyl/N-ethyl adjacent to an activating group) is 1. The molecule has 1 unspecified atom stereocenters. The second kappa shape index (κ2) is 13.3. The van der Waals surface area contributed by atoms with Gasteiger partial charge in [-0.05, 0) is 88.2 Å². The van der Waals surface area contributed by atoms with Gasteiger partial charge < -0.3 is 25.7 Å². The SMILES string of the molecule is CCNC(=O)[C@H](NC(=O)C(C)(C)c1ccc2nc([C@@H](NC(=O)c3ccnn3C)[C@]3(C[Si]C)c4ccccc4OCC3C)[nH]c2c1)C12CCC(C1)C2. The molecule has 51 heavy (non-hydrogen) atoms. The van der Waals surface area contributed by atoms with Crippen molar-refractivity contribution < 1.29 is 19.1 Å². The van der Waals surface area contributed by atoms with Gasteiger partial charge in [0.15, 0.2) is 0 Å². The number of fused-ring (bicyclic) bond motifs is 3. The Hall–Kier alpha value is -4.45. The van der Waals surface area contributed by atoms with Gasteiger partial charge in [0, 0.05) is 51.6 Å². The quantitative estimate of drug-likeness (QED) is 0.153. The molecule has 4 atom stereocenters. The van der Waals surface area contributed by atoms with E-state index in [2.05, 4.69) is 45.6 Å². The molecule has 11 nitrogen and oxygen atoms in total. The fraction of sp³-hybridized carbons (Fsp3) is 0.513. The highest BCUT2D eigenvalue weighted by atomic mass is 28.2. The molecular formula is C39H49N7O4Si. The van der Waals surface area contributed by atoms with Crippen LogP contribution in [-0.4, -0.2) is 66.2 Å². The van der Waals surface area contributed by atoms with Crippen molar-refractivity contribution in [3.8, 4) is 5.75 Å². The summed E-state index contributed by atoms with van der Waals surface area (Å²) in [5.74, 6) is 1.65. The van der Waals surface area contributed by atoms with Gasteiger partial charge in [0.25, 0.3) is 5.91 Å². The van der Waals surface area contributed by atoms with Gasteiger partial charge in [-0.25, -0.2) is 4.98 Å². The van der Waals surface area contributed by atoms with E-state index >= 15 is 0 Å². The number of ether oxygens (including phenoxy) is 1. The molecule has 4 aromatic rings. The number of hydrogen-bond donors (Lipinski definition) is 4. The van der Waals surface area contributed by atoms with Crippen LogP contribution in [0.1, 0.15) is 86.9 Å². The van der Waals surface area contributed by atoms with Crippen molar-refractivity contribution in [3.05, 3.63) is 77.4 Å². The number of carbonyl (C=O) groups is 3. The smallest absolute Gasteiger partial charge is 0.270 e. The molecule has 2 bridgehead atoms. The number of aromatic nitrogens is 4. The summed E-state index contributed by atoms with van der Waals surface area (Å²) >= 11 is 0. The monoisotopic (exact) mass is 707 g/mol. The van der Waals surface area contributed by atoms with Crippen LogP contribution in [0.25, 0.3) is 11.0 Å². The van der Waals surface area contributed by atoms with Crippen molar-refractivity contribution in [2.45, 2.75) is 88.9 Å². The molecule has 3 fully saturated rings. The first kappa shape index (κ1) is 35.0. The molecule has 3 saturated carbocycles. The molecule has 4 N–H and O–H groups in total. The zero-order valence-electron chi connectivity index (χ0n) is 30.4. The van der Waals surface area contributed by atoms with Crippen molar-refractivity contribution in [3.63, 3.8) is 0 Å². The standard InChI is InChI=1S/C39H49N7O4Si/c1-7-40-35(48)32(38-16-14-24(19-38)20-38)45-36(49)37(3,4)25-12-13-27-28(18-25)43-33(42-27)31(44-34(47)29-15-17-41-46(29)5)39(22-51-6)23(2)21-50-30-11-9-8-10-26(30)39/h8-13,15,17-18,23-24,31-32H,7,14,16,19-22H2,1-6H3,(H,40,48)(H,42,43)(H,44,47)(H,45,49)/t23?,24?,31-,32+,38?,39+/m1/s1. The van der Waals surface area contributed by atoms with E-state index in [1.807, 2.05) is 57.2 Å². The van der Waals surface area contributed by atoms with Crippen LogP contribution in [-0.2, 0) is 27.5 Å². The molecule has 1 aliphatic heterocycles. The number of imidazole rings is 1. The summed E-state index contributed by atoms with van der Waals surface area (Å²) in [5.41, 5.74) is 2.19. The number of hydrogen-bond acceptors (Lipinski definition) is 6. The maximum absolute atomic E-state index is 14.1. The number of carbonyl (C=O) groups excluding carboxylic acids is 3. The molecule has 2 aromatic carbocycles. The Bertz CT molecular complexity index is 1960. The number of nitrogens with one attached hydrogen (secondary N) is 4. The number of rotatable bonds is 12. The molecular weight excluding hydrogens is 659 g/mol. The molecule has 3 aliphatic carbocycles. The van der Waals surface area contributed by atoms with E-state index in [-0.39, 0.29) is 29.1 Å². The molecule has 2 aromatic heterocycles. The number of H-pyrrole nitrogens is 1. The van der Waals surface area contributed by atoms with Crippen LogP contribution in [0.4, 0.5) is 0 Å². The molecule has 8 rings (SSSR count). The Labute approximate surface area is 301 Å². The van der Waals surface area contributed by atoms with Crippen molar-refractivity contribution in [2.24, 2.45) is 24.3 Å². The van der Waals surface area contributed by atoms with E-state index in [0.717, 1.165) is 59.6 Å². The highest BCUT2D eigenvalue weighted by molar-refractivity contribution is 6.34. The summed E-state index contributed by atoms with van der Waals surface area (Å²) in [4.78, 5) is 50.1. The summed E-state index contributed by atoms with van der Waals surface area (Å²) in [5, 5.41) is 13.8. The zero-order chi connectivity index (χ0) is 36.1. The average Bonchev–Trinajstić information content (AvgIpc) is 3.91. The predicted molar refractivity (Wildman–Crippen MR) is 197 cm³/mol.